The lowest BCUT2D eigenvalue weighted by atomic mass is 10.0. The van der Waals surface area contributed by atoms with E-state index in [1.54, 1.807) is 49.6 Å². The molecule has 0 radical (unpaired) electrons. The third-order valence-electron chi connectivity index (χ3n) is 3.65. The maximum absolute atomic E-state index is 12.6. The molecule has 2 heterocycles. The Morgan fingerprint density at radius 3 is 2.78 bits per heavy atom. The van der Waals surface area contributed by atoms with Gasteiger partial charge in [-0.25, -0.2) is 4.98 Å². The minimum absolute atomic E-state index is 0.367. The fraction of sp³-hybridized carbons (Fsp3) is 0.188. The van der Waals surface area contributed by atoms with Crippen LogP contribution in [-0.2, 0) is 9.59 Å². The number of rotatable bonds is 2. The largest absolute Gasteiger partial charge is 0.464 e. The van der Waals surface area contributed by atoms with E-state index in [-0.39, 0.29) is 0 Å². The highest BCUT2D eigenvalue weighted by Crippen LogP contribution is 2.35. The number of nitrogens with zero attached hydrogens (tertiary/aromatic N) is 2. The van der Waals surface area contributed by atoms with Crippen LogP contribution in [0.15, 0.2) is 42.6 Å². The summed E-state index contributed by atoms with van der Waals surface area (Å²) in [4.78, 5) is 30.6. The Labute approximate surface area is 138 Å². The van der Waals surface area contributed by atoms with Crippen LogP contribution in [0, 0.1) is 0 Å². The fourth-order valence-electron chi connectivity index (χ4n) is 2.34. The van der Waals surface area contributed by atoms with E-state index in [9.17, 15) is 9.59 Å². The molecule has 7 heteroatoms. The molecule has 0 fully saturated rings. The lowest BCUT2D eigenvalue weighted by Crippen LogP contribution is -2.60. The number of amides is 2. The van der Waals surface area contributed by atoms with Crippen molar-refractivity contribution in [3.63, 3.8) is 0 Å². The first-order valence-electron chi connectivity index (χ1n) is 6.91. The van der Waals surface area contributed by atoms with Gasteiger partial charge in [0.05, 0.1) is 10.7 Å². The van der Waals surface area contributed by atoms with Gasteiger partial charge < -0.3 is 10.1 Å². The molecule has 6 nitrogen and oxygen atoms in total. The van der Waals surface area contributed by atoms with E-state index in [1.807, 2.05) is 0 Å². The van der Waals surface area contributed by atoms with E-state index in [0.29, 0.717) is 22.3 Å². The highest BCUT2D eigenvalue weighted by atomic mass is 35.5. The predicted octanol–water partition coefficient (Wildman–Crippen LogP) is 2.49. The average Bonchev–Trinajstić information content (AvgIpc) is 2.55. The normalized spacial score (nSPS) is 19.8. The van der Waals surface area contributed by atoms with Crippen LogP contribution in [0.3, 0.4) is 0 Å². The number of hydrogen-bond acceptors (Lipinski definition) is 4. The third kappa shape index (κ3) is 2.51. The monoisotopic (exact) mass is 331 g/mol. The van der Waals surface area contributed by atoms with Gasteiger partial charge in [0.15, 0.2) is 11.6 Å². The molecule has 1 atom stereocenters. The minimum atomic E-state index is -1.70. The van der Waals surface area contributed by atoms with Gasteiger partial charge >= 0.3 is 0 Å². The van der Waals surface area contributed by atoms with Crippen LogP contribution < -0.4 is 15.0 Å². The van der Waals surface area contributed by atoms with Crippen molar-refractivity contribution in [1.29, 1.82) is 0 Å². The Kier molecular flexibility index (Phi) is 3.69. The SMILES string of the molecule is CN1C(=O)[C@@](C)(C(=O)Nc2ccccc2Cl)Oc2cccnc21. The summed E-state index contributed by atoms with van der Waals surface area (Å²) in [6.45, 7) is 1.42. The zero-order chi connectivity index (χ0) is 16.6. The van der Waals surface area contributed by atoms with E-state index in [4.69, 9.17) is 16.3 Å². The summed E-state index contributed by atoms with van der Waals surface area (Å²) in [5.74, 6) is -0.364. The molecular formula is C16H14ClN3O3. The predicted molar refractivity (Wildman–Crippen MR) is 86.8 cm³/mol. The van der Waals surface area contributed by atoms with Crippen molar-refractivity contribution < 1.29 is 14.3 Å². The number of aromatic nitrogens is 1. The highest BCUT2D eigenvalue weighted by molar-refractivity contribution is 6.34. The Morgan fingerprint density at radius 2 is 2.04 bits per heavy atom. The molecule has 0 spiro atoms. The quantitative estimate of drug-likeness (QED) is 0.858. The number of anilines is 2. The Hall–Kier alpha value is -2.60. The van der Waals surface area contributed by atoms with Gasteiger partial charge in [0.1, 0.15) is 0 Å². The number of carbonyl (C=O) groups excluding carboxylic acids is 2. The molecule has 2 amide bonds. The lowest BCUT2D eigenvalue weighted by molar-refractivity contribution is -0.145. The van der Waals surface area contributed by atoms with E-state index in [2.05, 4.69) is 10.3 Å². The summed E-state index contributed by atoms with van der Waals surface area (Å²) >= 11 is 6.04. The van der Waals surface area contributed by atoms with Crippen molar-refractivity contribution in [2.45, 2.75) is 12.5 Å². The van der Waals surface area contributed by atoms with Crippen LogP contribution in [0.25, 0.3) is 0 Å². The van der Waals surface area contributed by atoms with Crippen molar-refractivity contribution in [2.75, 3.05) is 17.3 Å². The van der Waals surface area contributed by atoms with Crippen molar-refractivity contribution in [3.05, 3.63) is 47.6 Å². The van der Waals surface area contributed by atoms with E-state index < -0.39 is 17.4 Å². The summed E-state index contributed by atoms with van der Waals surface area (Å²) in [6.07, 6.45) is 1.55. The highest BCUT2D eigenvalue weighted by Gasteiger charge is 2.50. The Balaban J connectivity index is 1.94. The first-order chi connectivity index (χ1) is 10.9. The summed E-state index contributed by atoms with van der Waals surface area (Å²) in [5.41, 5.74) is -1.29. The van der Waals surface area contributed by atoms with Crippen LogP contribution in [-0.4, -0.2) is 29.4 Å². The van der Waals surface area contributed by atoms with Crippen LogP contribution in [0.4, 0.5) is 11.5 Å². The molecule has 0 unspecified atom stereocenters. The van der Waals surface area contributed by atoms with Gasteiger partial charge in [-0.05, 0) is 31.2 Å². The first-order valence-corrected chi connectivity index (χ1v) is 7.29. The molecule has 1 aromatic carbocycles. The van der Waals surface area contributed by atoms with Crippen LogP contribution >= 0.6 is 11.6 Å². The molecule has 1 aliphatic heterocycles. The molecule has 0 aliphatic carbocycles. The summed E-state index contributed by atoms with van der Waals surface area (Å²) in [5, 5.41) is 3.02. The molecule has 23 heavy (non-hydrogen) atoms. The number of pyridine rings is 1. The lowest BCUT2D eigenvalue weighted by Gasteiger charge is -2.36. The molecule has 0 saturated heterocycles. The molecule has 1 aromatic heterocycles. The van der Waals surface area contributed by atoms with Gasteiger partial charge in [-0.15, -0.1) is 0 Å². The fourth-order valence-corrected chi connectivity index (χ4v) is 2.52. The first kappa shape index (κ1) is 15.3. The van der Waals surface area contributed by atoms with Gasteiger partial charge in [-0.2, -0.15) is 0 Å². The maximum Gasteiger partial charge on any atom is 0.281 e. The van der Waals surface area contributed by atoms with E-state index in [0.717, 1.165) is 0 Å². The number of fused-ring (bicyclic) bond motifs is 1. The smallest absolute Gasteiger partial charge is 0.281 e. The molecule has 3 rings (SSSR count). The standard InChI is InChI=1S/C16H14ClN3O3/c1-16(14(21)19-11-7-4-3-6-10(11)17)15(22)20(2)13-12(23-16)8-5-9-18-13/h3-9H,1-2H3,(H,19,21)/t16-/m1/s1. The molecule has 0 bridgehead atoms. The zero-order valence-electron chi connectivity index (χ0n) is 12.5. The average molecular weight is 332 g/mol. The maximum atomic E-state index is 12.6. The molecule has 118 valence electrons. The second-order valence-corrected chi connectivity index (χ2v) is 5.67. The summed E-state index contributed by atoms with van der Waals surface area (Å²) < 4.78 is 5.67. The van der Waals surface area contributed by atoms with Crippen molar-refractivity contribution in [3.8, 4) is 5.75 Å². The number of halogens is 1. The molecule has 1 N–H and O–H groups in total. The number of carbonyl (C=O) groups is 2. The molecule has 2 aromatic rings. The number of nitrogens with one attached hydrogen (secondary N) is 1. The van der Waals surface area contributed by atoms with E-state index in [1.165, 1.54) is 11.8 Å². The summed E-state index contributed by atoms with van der Waals surface area (Å²) in [6, 6.07) is 10.1. The van der Waals surface area contributed by atoms with Crippen molar-refractivity contribution >= 4 is 34.9 Å². The van der Waals surface area contributed by atoms with E-state index >= 15 is 0 Å². The zero-order valence-corrected chi connectivity index (χ0v) is 13.3. The Bertz CT molecular complexity index is 796. The summed E-state index contributed by atoms with van der Waals surface area (Å²) in [7, 11) is 1.55. The van der Waals surface area contributed by atoms with Gasteiger partial charge in [-0.1, -0.05) is 23.7 Å². The minimum Gasteiger partial charge on any atom is -0.464 e. The molecule has 1 aliphatic rings. The third-order valence-corrected chi connectivity index (χ3v) is 3.98. The van der Waals surface area contributed by atoms with Crippen molar-refractivity contribution in [2.24, 2.45) is 0 Å². The molecular weight excluding hydrogens is 318 g/mol. The number of ether oxygens (including phenoxy) is 1. The van der Waals surface area contributed by atoms with Crippen LogP contribution in [0.1, 0.15) is 6.92 Å². The van der Waals surface area contributed by atoms with Gasteiger partial charge in [-0.3, -0.25) is 14.5 Å². The van der Waals surface area contributed by atoms with Gasteiger partial charge in [0.2, 0.25) is 0 Å². The molecule has 0 saturated carbocycles. The van der Waals surface area contributed by atoms with Crippen molar-refractivity contribution in [1.82, 2.24) is 4.98 Å². The number of benzene rings is 1. The number of likely N-dealkylation sites (N-methyl/N-ethyl adjacent to an activating group) is 1. The van der Waals surface area contributed by atoms with Gasteiger partial charge in [0.25, 0.3) is 17.4 Å². The topological polar surface area (TPSA) is 71.5 Å². The van der Waals surface area contributed by atoms with Gasteiger partial charge in [0, 0.05) is 13.2 Å². The second kappa shape index (κ2) is 5.55. The van der Waals surface area contributed by atoms with Crippen LogP contribution in [0.2, 0.25) is 5.02 Å². The van der Waals surface area contributed by atoms with Crippen LogP contribution in [0.5, 0.6) is 5.75 Å². The Morgan fingerprint density at radius 1 is 1.30 bits per heavy atom. The number of para-hydroxylation sites is 1. The number of hydrogen-bond donors (Lipinski definition) is 1. The second-order valence-electron chi connectivity index (χ2n) is 5.26.